The number of furan rings is 1. The van der Waals surface area contributed by atoms with Gasteiger partial charge in [0.15, 0.2) is 0 Å². The van der Waals surface area contributed by atoms with Crippen LogP contribution in [-0.2, 0) is 11.2 Å². The first-order chi connectivity index (χ1) is 12.2. The summed E-state index contributed by atoms with van der Waals surface area (Å²) in [6.07, 6.45) is 1.90. The van der Waals surface area contributed by atoms with Crippen molar-refractivity contribution in [2.45, 2.75) is 18.6 Å². The maximum atomic E-state index is 12.0. The van der Waals surface area contributed by atoms with E-state index in [4.69, 9.17) is 14.1 Å². The van der Waals surface area contributed by atoms with Crippen LogP contribution in [0, 0.1) is 18.3 Å². The summed E-state index contributed by atoms with van der Waals surface area (Å²) in [6.45, 7) is 1.81. The van der Waals surface area contributed by atoms with Gasteiger partial charge in [-0.05, 0) is 30.7 Å². The van der Waals surface area contributed by atoms with E-state index in [0.717, 1.165) is 22.9 Å². The molecule has 25 heavy (non-hydrogen) atoms. The quantitative estimate of drug-likeness (QED) is 0.676. The van der Waals surface area contributed by atoms with E-state index in [-0.39, 0.29) is 11.7 Å². The van der Waals surface area contributed by atoms with Crippen molar-refractivity contribution in [3.8, 4) is 17.5 Å². The standard InChI is InChI=1S/C17H14N4O3S/c1-11-14(7-9-23-11)16-20-21-17(24-16)25-10-15(22)19-13-4-2-12(3-5-13)6-8-18/h2-5,7,9H,6,10H2,1H3,(H,19,22). The molecule has 0 aliphatic heterocycles. The molecule has 126 valence electrons. The van der Waals surface area contributed by atoms with Crippen LogP contribution in [0.4, 0.5) is 5.69 Å². The number of amides is 1. The molecule has 8 heteroatoms. The van der Waals surface area contributed by atoms with E-state index in [1.54, 1.807) is 24.5 Å². The van der Waals surface area contributed by atoms with Crippen molar-refractivity contribution in [2.75, 3.05) is 11.1 Å². The molecule has 0 bridgehead atoms. The number of benzene rings is 1. The van der Waals surface area contributed by atoms with Gasteiger partial charge in [0.2, 0.25) is 5.91 Å². The van der Waals surface area contributed by atoms with Gasteiger partial charge in [0.05, 0.1) is 30.1 Å². The third-order valence-electron chi connectivity index (χ3n) is 3.34. The summed E-state index contributed by atoms with van der Waals surface area (Å²) in [6, 6.07) is 11.0. The normalized spacial score (nSPS) is 10.4. The lowest BCUT2D eigenvalue weighted by atomic mass is 10.1. The van der Waals surface area contributed by atoms with Crippen LogP contribution < -0.4 is 5.32 Å². The van der Waals surface area contributed by atoms with Gasteiger partial charge >= 0.3 is 0 Å². The zero-order valence-electron chi connectivity index (χ0n) is 13.4. The minimum atomic E-state index is -0.183. The molecule has 0 saturated carbocycles. The van der Waals surface area contributed by atoms with E-state index < -0.39 is 0 Å². The highest BCUT2D eigenvalue weighted by atomic mass is 32.2. The van der Waals surface area contributed by atoms with Gasteiger partial charge in [-0.3, -0.25) is 4.79 Å². The van der Waals surface area contributed by atoms with Crippen LogP contribution >= 0.6 is 11.8 Å². The number of rotatable bonds is 6. The Labute approximate surface area is 148 Å². The molecule has 2 heterocycles. The van der Waals surface area contributed by atoms with Gasteiger partial charge in [0.25, 0.3) is 11.1 Å². The predicted octanol–water partition coefficient (Wildman–Crippen LogP) is 3.43. The molecule has 2 aromatic heterocycles. The van der Waals surface area contributed by atoms with Crippen LogP contribution in [0.1, 0.15) is 11.3 Å². The number of nitriles is 1. The monoisotopic (exact) mass is 354 g/mol. The highest BCUT2D eigenvalue weighted by Gasteiger charge is 2.14. The van der Waals surface area contributed by atoms with Crippen molar-refractivity contribution in [1.82, 2.24) is 10.2 Å². The topological polar surface area (TPSA) is 105 Å². The number of hydrogen-bond donors (Lipinski definition) is 1. The summed E-state index contributed by atoms with van der Waals surface area (Å²) < 4.78 is 10.7. The second-order valence-corrected chi connectivity index (χ2v) is 6.06. The fraction of sp³-hybridized carbons (Fsp3) is 0.176. The fourth-order valence-corrected chi connectivity index (χ4v) is 2.67. The molecular weight excluding hydrogens is 340 g/mol. The van der Waals surface area contributed by atoms with Crippen molar-refractivity contribution >= 4 is 23.4 Å². The lowest BCUT2D eigenvalue weighted by molar-refractivity contribution is -0.113. The third-order valence-corrected chi connectivity index (χ3v) is 4.16. The zero-order chi connectivity index (χ0) is 17.6. The second kappa shape index (κ2) is 7.68. The summed E-state index contributed by atoms with van der Waals surface area (Å²) in [5.41, 5.74) is 2.32. The summed E-state index contributed by atoms with van der Waals surface area (Å²) in [4.78, 5) is 12.0. The number of carbonyl (C=O) groups excluding carboxylic acids is 1. The smallest absolute Gasteiger partial charge is 0.277 e. The van der Waals surface area contributed by atoms with Crippen molar-refractivity contribution in [3.63, 3.8) is 0 Å². The second-order valence-electron chi connectivity index (χ2n) is 5.13. The molecular formula is C17H14N4O3S. The Bertz CT molecular complexity index is 909. The number of nitrogens with one attached hydrogen (secondary N) is 1. The Morgan fingerprint density at radius 2 is 2.08 bits per heavy atom. The first kappa shape index (κ1) is 16.8. The van der Waals surface area contributed by atoms with Crippen molar-refractivity contribution in [1.29, 1.82) is 5.26 Å². The Morgan fingerprint density at radius 3 is 2.76 bits per heavy atom. The molecule has 0 aliphatic rings. The summed E-state index contributed by atoms with van der Waals surface area (Å²) in [5, 5.41) is 19.6. The SMILES string of the molecule is Cc1occc1-c1nnc(SCC(=O)Nc2ccc(CC#N)cc2)o1. The average molecular weight is 354 g/mol. The number of nitrogens with zero attached hydrogens (tertiary/aromatic N) is 3. The van der Waals surface area contributed by atoms with Gasteiger partial charge in [0, 0.05) is 5.69 Å². The Balaban J connectivity index is 1.53. The third kappa shape index (κ3) is 4.28. The molecule has 0 spiro atoms. The van der Waals surface area contributed by atoms with Crippen molar-refractivity contribution < 1.29 is 13.6 Å². The van der Waals surface area contributed by atoms with Gasteiger partial charge in [-0.15, -0.1) is 10.2 Å². The maximum absolute atomic E-state index is 12.0. The molecule has 0 atom stereocenters. The molecule has 3 aromatic rings. The minimum Gasteiger partial charge on any atom is -0.469 e. The van der Waals surface area contributed by atoms with Gasteiger partial charge in [-0.1, -0.05) is 23.9 Å². The number of anilines is 1. The van der Waals surface area contributed by atoms with E-state index in [9.17, 15) is 4.79 Å². The van der Waals surface area contributed by atoms with Gasteiger partial charge in [-0.25, -0.2) is 0 Å². The van der Waals surface area contributed by atoms with E-state index >= 15 is 0 Å². The minimum absolute atomic E-state index is 0.145. The number of thioether (sulfide) groups is 1. The molecule has 1 amide bonds. The highest BCUT2D eigenvalue weighted by molar-refractivity contribution is 7.99. The molecule has 7 nitrogen and oxygen atoms in total. The lowest BCUT2D eigenvalue weighted by Crippen LogP contribution is -2.13. The molecule has 0 unspecified atom stereocenters. The molecule has 1 aromatic carbocycles. The first-order valence-electron chi connectivity index (χ1n) is 7.42. The Kier molecular flexibility index (Phi) is 5.16. The van der Waals surface area contributed by atoms with Crippen LogP contribution in [0.25, 0.3) is 11.5 Å². The molecule has 0 fully saturated rings. The summed E-state index contributed by atoms with van der Waals surface area (Å²) in [5.74, 6) is 1.02. The molecule has 3 rings (SSSR count). The van der Waals surface area contributed by atoms with Crippen LogP contribution in [0.15, 0.2) is 50.7 Å². The van der Waals surface area contributed by atoms with Crippen molar-refractivity contribution in [3.05, 3.63) is 47.9 Å². The van der Waals surface area contributed by atoms with E-state index in [1.165, 1.54) is 0 Å². The van der Waals surface area contributed by atoms with E-state index in [1.807, 2.05) is 19.1 Å². The summed E-state index contributed by atoms with van der Waals surface area (Å²) in [7, 11) is 0. The maximum Gasteiger partial charge on any atom is 0.277 e. The Morgan fingerprint density at radius 1 is 1.28 bits per heavy atom. The van der Waals surface area contributed by atoms with Crippen molar-refractivity contribution in [2.24, 2.45) is 0 Å². The fourth-order valence-electron chi connectivity index (χ4n) is 2.11. The number of hydrogen-bond acceptors (Lipinski definition) is 7. The van der Waals surface area contributed by atoms with E-state index in [0.29, 0.717) is 29.0 Å². The first-order valence-corrected chi connectivity index (χ1v) is 8.41. The Hall–Kier alpha value is -3.05. The molecule has 0 radical (unpaired) electrons. The number of aryl methyl sites for hydroxylation is 1. The lowest BCUT2D eigenvalue weighted by Gasteiger charge is -2.04. The van der Waals surface area contributed by atoms with Crippen LogP contribution in [0.3, 0.4) is 0 Å². The molecule has 1 N–H and O–H groups in total. The van der Waals surface area contributed by atoms with Gasteiger partial charge in [-0.2, -0.15) is 5.26 Å². The van der Waals surface area contributed by atoms with Crippen LogP contribution in [0.2, 0.25) is 0 Å². The van der Waals surface area contributed by atoms with Crippen LogP contribution in [-0.4, -0.2) is 21.9 Å². The van der Waals surface area contributed by atoms with Crippen LogP contribution in [0.5, 0.6) is 0 Å². The number of carbonyl (C=O) groups is 1. The van der Waals surface area contributed by atoms with Gasteiger partial charge in [0.1, 0.15) is 5.76 Å². The average Bonchev–Trinajstić information content (AvgIpc) is 3.23. The summed E-state index contributed by atoms with van der Waals surface area (Å²) >= 11 is 1.16. The number of aromatic nitrogens is 2. The highest BCUT2D eigenvalue weighted by Crippen LogP contribution is 2.26. The molecule has 0 aliphatic carbocycles. The largest absolute Gasteiger partial charge is 0.469 e. The van der Waals surface area contributed by atoms with Gasteiger partial charge < -0.3 is 14.2 Å². The predicted molar refractivity (Wildman–Crippen MR) is 91.8 cm³/mol. The molecule has 0 saturated heterocycles. The zero-order valence-corrected chi connectivity index (χ0v) is 14.2. The van der Waals surface area contributed by atoms with E-state index in [2.05, 4.69) is 21.6 Å².